The summed E-state index contributed by atoms with van der Waals surface area (Å²) in [6.07, 6.45) is 3.70. The molecule has 54 heavy (non-hydrogen) atoms. The summed E-state index contributed by atoms with van der Waals surface area (Å²) in [6.45, 7) is 10.7. The molecule has 0 radical (unpaired) electrons. The standard InChI is InChI=1S/C39H50N10O5/c1-42-37(52)33(6-4-20-50)49-38(53)29-9-8-26(21-31(29)39(49)54)46-15-17-47(18-16-46)27-10-11-44(24-27)12-13-45-14-19-48-28(25-45)23-43-36(41)34(48)22-32(40)30-5-2-3-7-35(30)51/h2-3,5,7-9,20-22,27-28,33,40,51H,4,6,10-19,23-25H2,1H3,(H2,41,43)(H,42,52)/b34-22+,40-32?. The lowest BCUT2D eigenvalue weighted by molar-refractivity contribution is -0.124. The molecule has 7 rings (SSSR count). The number of phenolic OH excluding ortho intramolecular Hbond substituents is 1. The molecule has 2 aromatic rings. The van der Waals surface area contributed by atoms with Crippen LogP contribution in [0.1, 0.15) is 45.5 Å². The third kappa shape index (κ3) is 7.48. The van der Waals surface area contributed by atoms with Crippen molar-refractivity contribution in [3.63, 3.8) is 0 Å². The first-order valence-corrected chi connectivity index (χ1v) is 18.9. The van der Waals surface area contributed by atoms with E-state index in [1.165, 1.54) is 7.05 Å². The maximum Gasteiger partial charge on any atom is 0.262 e. The highest BCUT2D eigenvalue weighted by Crippen LogP contribution is 2.31. The normalized spacial score (nSPS) is 23.7. The Morgan fingerprint density at radius 3 is 2.44 bits per heavy atom. The summed E-state index contributed by atoms with van der Waals surface area (Å²) in [5.74, 6) is -0.954. The largest absolute Gasteiger partial charge is 0.507 e. The Morgan fingerprint density at radius 2 is 1.70 bits per heavy atom. The number of imide groups is 1. The predicted octanol–water partition coefficient (Wildman–Crippen LogP) is 0.587. The summed E-state index contributed by atoms with van der Waals surface area (Å²) in [6, 6.07) is 11.9. The van der Waals surface area contributed by atoms with Gasteiger partial charge in [-0.05, 0) is 55.8 Å². The molecule has 5 N–H and O–H groups in total. The first-order valence-electron chi connectivity index (χ1n) is 18.9. The topological polar surface area (TPSA) is 182 Å². The maximum atomic E-state index is 13.4. The van der Waals surface area contributed by atoms with Crippen LogP contribution in [-0.2, 0) is 9.59 Å². The van der Waals surface area contributed by atoms with Gasteiger partial charge in [0.25, 0.3) is 11.8 Å². The zero-order chi connectivity index (χ0) is 37.9. The van der Waals surface area contributed by atoms with Crippen LogP contribution < -0.4 is 16.0 Å². The molecule has 0 aromatic heterocycles. The SMILES string of the molecule is CNC(=O)C(CCC=O)N1C(=O)c2ccc(N3CCN(C4CCN(CCN5CCN6/C(=C/C(=N)c7ccccc7O)C(N)=NCC6C5)C4)CC3)cc2C1=O. The van der Waals surface area contributed by atoms with Crippen molar-refractivity contribution in [2.45, 2.75) is 37.4 Å². The summed E-state index contributed by atoms with van der Waals surface area (Å²) in [7, 11) is 1.45. The van der Waals surface area contributed by atoms with Crippen LogP contribution >= 0.6 is 0 Å². The van der Waals surface area contributed by atoms with Crippen molar-refractivity contribution < 1.29 is 24.3 Å². The summed E-state index contributed by atoms with van der Waals surface area (Å²) >= 11 is 0. The maximum absolute atomic E-state index is 13.4. The molecule has 15 nitrogen and oxygen atoms in total. The number of allylic oxidation sites excluding steroid dienone is 1. The van der Waals surface area contributed by atoms with Crippen LogP contribution in [-0.4, -0.2) is 169 Å². The number of rotatable bonds is 12. The van der Waals surface area contributed by atoms with E-state index in [2.05, 4.69) is 34.8 Å². The quantitative estimate of drug-likeness (QED) is 0.136. The van der Waals surface area contributed by atoms with Gasteiger partial charge in [-0.2, -0.15) is 0 Å². The molecule has 2 aromatic carbocycles. The van der Waals surface area contributed by atoms with E-state index < -0.39 is 23.8 Å². The minimum atomic E-state index is -1.03. The molecule has 3 fully saturated rings. The Labute approximate surface area is 315 Å². The van der Waals surface area contributed by atoms with Crippen molar-refractivity contribution in [3.8, 4) is 5.75 Å². The second kappa shape index (κ2) is 16.1. The number of aliphatic imine (C=N–C) groups is 1. The number of hydrogen-bond donors (Lipinski definition) is 4. The molecule has 5 aliphatic rings. The smallest absolute Gasteiger partial charge is 0.262 e. The lowest BCUT2D eigenvalue weighted by Crippen LogP contribution is -2.58. The molecule has 0 aliphatic carbocycles. The number of nitrogens with zero attached hydrogens (tertiary/aromatic N) is 7. The molecule has 15 heteroatoms. The molecule has 3 unspecified atom stereocenters. The van der Waals surface area contributed by atoms with E-state index in [1.54, 1.807) is 42.5 Å². The van der Waals surface area contributed by atoms with E-state index in [0.717, 1.165) is 94.7 Å². The zero-order valence-corrected chi connectivity index (χ0v) is 30.8. The van der Waals surface area contributed by atoms with Crippen LogP contribution in [0.3, 0.4) is 0 Å². The van der Waals surface area contributed by atoms with Crippen molar-refractivity contribution >= 4 is 41.2 Å². The van der Waals surface area contributed by atoms with Crippen LogP contribution in [0.25, 0.3) is 0 Å². The van der Waals surface area contributed by atoms with Crippen molar-refractivity contribution in [2.75, 3.05) is 90.5 Å². The number of para-hydroxylation sites is 1. The number of hydrogen-bond acceptors (Lipinski definition) is 13. The van der Waals surface area contributed by atoms with Gasteiger partial charge in [-0.1, -0.05) is 12.1 Å². The number of fused-ring (bicyclic) bond motifs is 2. The lowest BCUT2D eigenvalue weighted by atomic mass is 10.0. The molecule has 3 atom stereocenters. The summed E-state index contributed by atoms with van der Waals surface area (Å²) < 4.78 is 0. The van der Waals surface area contributed by atoms with Crippen LogP contribution in [0, 0.1) is 5.41 Å². The van der Waals surface area contributed by atoms with Gasteiger partial charge in [-0.15, -0.1) is 0 Å². The molecular weight excluding hydrogens is 688 g/mol. The number of aldehydes is 1. The highest BCUT2D eigenvalue weighted by atomic mass is 16.3. The van der Waals surface area contributed by atoms with Gasteiger partial charge in [0.05, 0.1) is 35.1 Å². The van der Waals surface area contributed by atoms with E-state index in [4.69, 9.17) is 11.1 Å². The number of benzene rings is 2. The number of nitrogens with one attached hydrogen (secondary N) is 2. The minimum Gasteiger partial charge on any atom is -0.507 e. The van der Waals surface area contributed by atoms with E-state index in [9.17, 15) is 24.3 Å². The van der Waals surface area contributed by atoms with Crippen molar-refractivity contribution in [3.05, 3.63) is 70.9 Å². The zero-order valence-electron chi connectivity index (χ0n) is 30.8. The number of nitrogens with two attached hydrogens (primary N) is 1. The number of anilines is 1. The number of phenols is 1. The number of carbonyl (C=O) groups excluding carboxylic acids is 4. The van der Waals surface area contributed by atoms with E-state index in [0.29, 0.717) is 35.8 Å². The molecule has 3 saturated heterocycles. The Morgan fingerprint density at radius 1 is 0.981 bits per heavy atom. The number of aromatic hydroxyl groups is 1. The average molecular weight is 739 g/mol. The highest BCUT2D eigenvalue weighted by Gasteiger charge is 2.43. The highest BCUT2D eigenvalue weighted by molar-refractivity contribution is 6.23. The van der Waals surface area contributed by atoms with Crippen molar-refractivity contribution in [1.29, 1.82) is 5.41 Å². The second-order valence-corrected chi connectivity index (χ2v) is 14.7. The number of piperazine rings is 2. The minimum absolute atomic E-state index is 0.0704. The number of amidine groups is 1. The first-order chi connectivity index (χ1) is 26.2. The van der Waals surface area contributed by atoms with Crippen LogP contribution in [0.5, 0.6) is 5.75 Å². The van der Waals surface area contributed by atoms with E-state index in [-0.39, 0.29) is 35.9 Å². The summed E-state index contributed by atoms with van der Waals surface area (Å²) in [4.78, 5) is 68.0. The predicted molar refractivity (Wildman–Crippen MR) is 205 cm³/mol. The number of carbonyl (C=O) groups is 4. The molecule has 0 spiro atoms. The number of likely N-dealkylation sites (tertiary alicyclic amines) is 1. The Hall–Kier alpha value is -5.12. The molecule has 0 bridgehead atoms. The molecule has 286 valence electrons. The van der Waals surface area contributed by atoms with Crippen LogP contribution in [0.15, 0.2) is 59.2 Å². The Kier molecular flexibility index (Phi) is 11.1. The Bertz CT molecular complexity index is 1860. The van der Waals surface area contributed by atoms with Gasteiger partial charge >= 0.3 is 0 Å². The Balaban J connectivity index is 0.881. The fourth-order valence-corrected chi connectivity index (χ4v) is 8.54. The van der Waals surface area contributed by atoms with Gasteiger partial charge in [0, 0.05) is 96.2 Å². The van der Waals surface area contributed by atoms with Crippen LogP contribution in [0.4, 0.5) is 5.69 Å². The molecular formula is C39H50N10O5. The summed E-state index contributed by atoms with van der Waals surface area (Å²) in [5, 5.41) is 21.3. The van der Waals surface area contributed by atoms with E-state index >= 15 is 0 Å². The number of amides is 3. The third-order valence-electron chi connectivity index (χ3n) is 11.6. The molecule has 3 amide bonds. The molecule has 5 aliphatic heterocycles. The number of likely N-dealkylation sites (N-methyl/N-ethyl adjacent to an activating group) is 1. The average Bonchev–Trinajstić information content (AvgIpc) is 3.77. The summed E-state index contributed by atoms with van der Waals surface area (Å²) in [5.41, 5.74) is 9.22. The van der Waals surface area contributed by atoms with Gasteiger partial charge in [0.1, 0.15) is 23.9 Å². The van der Waals surface area contributed by atoms with Crippen molar-refractivity contribution in [2.24, 2.45) is 10.7 Å². The van der Waals surface area contributed by atoms with Crippen LogP contribution in [0.2, 0.25) is 0 Å². The van der Waals surface area contributed by atoms with Gasteiger partial charge in [0.2, 0.25) is 5.91 Å². The fraction of sp³-hybridized carbons (Fsp3) is 0.487. The van der Waals surface area contributed by atoms with Gasteiger partial charge in [0.15, 0.2) is 0 Å². The third-order valence-corrected chi connectivity index (χ3v) is 11.6. The molecule has 5 heterocycles. The first kappa shape index (κ1) is 37.2. The molecule has 0 saturated carbocycles. The van der Waals surface area contributed by atoms with Gasteiger partial charge in [-0.3, -0.25) is 34.1 Å². The monoisotopic (exact) mass is 738 g/mol. The van der Waals surface area contributed by atoms with Crippen molar-refractivity contribution in [1.82, 2.24) is 29.8 Å². The van der Waals surface area contributed by atoms with Gasteiger partial charge in [-0.25, -0.2) is 0 Å². The fourth-order valence-electron chi connectivity index (χ4n) is 8.54. The van der Waals surface area contributed by atoms with E-state index in [1.807, 2.05) is 6.07 Å². The lowest BCUT2D eigenvalue weighted by Gasteiger charge is -2.45. The second-order valence-electron chi connectivity index (χ2n) is 14.7. The van der Waals surface area contributed by atoms with Gasteiger partial charge < -0.3 is 41.1 Å².